The molecular weight excluding hydrogens is 437 g/mol. The van der Waals surface area contributed by atoms with Crippen LogP contribution in [0, 0.1) is 11.3 Å². The van der Waals surface area contributed by atoms with Crippen molar-refractivity contribution in [1.82, 2.24) is 10.6 Å². The number of alkyl halides is 1. The van der Waals surface area contributed by atoms with Crippen LogP contribution in [0.1, 0.15) is 27.2 Å². The van der Waals surface area contributed by atoms with Gasteiger partial charge in [0.15, 0.2) is 0 Å². The lowest BCUT2D eigenvalue weighted by molar-refractivity contribution is -0.407. The summed E-state index contributed by atoms with van der Waals surface area (Å²) in [5, 5.41) is 6.85. The van der Waals surface area contributed by atoms with Gasteiger partial charge in [0.1, 0.15) is 4.32 Å². The van der Waals surface area contributed by atoms with Gasteiger partial charge in [-0.3, -0.25) is 0 Å². The highest BCUT2D eigenvalue weighted by Crippen LogP contribution is 2.52. The van der Waals surface area contributed by atoms with E-state index in [1.54, 1.807) is 11.8 Å². The third kappa shape index (κ3) is 4.81. The minimum absolute atomic E-state index is 0.271. The predicted octanol–water partition coefficient (Wildman–Crippen LogP) is -0.433. The van der Waals surface area contributed by atoms with Gasteiger partial charge in [-0.25, -0.2) is 0 Å². The quantitative estimate of drug-likeness (QED) is 0.157. The van der Waals surface area contributed by atoms with E-state index in [0.717, 1.165) is 22.9 Å². The lowest BCUT2D eigenvalue weighted by Gasteiger charge is -2.17. The van der Waals surface area contributed by atoms with E-state index in [4.69, 9.17) is 18.0 Å². The molecule has 3 nitrogen and oxygen atoms in total. The second kappa shape index (κ2) is 7.99. The minimum Gasteiger partial charge on any atom is -0.327 e. The number of halogens is 1. The van der Waals surface area contributed by atoms with Gasteiger partial charge in [-0.1, -0.05) is 63.5 Å². The maximum absolute atomic E-state index is 6.19. The Balaban J connectivity index is 1.79. The van der Waals surface area contributed by atoms with E-state index in [-0.39, 0.29) is 5.41 Å². The number of allylic oxidation sites excluding steroid dienone is 3. The van der Waals surface area contributed by atoms with Crippen LogP contribution in [-0.2, 0) is 0 Å². The Morgan fingerprint density at radius 1 is 1.61 bits per heavy atom. The Labute approximate surface area is 163 Å². The monoisotopic (exact) mass is 464 g/mol. The molecule has 2 rings (SSSR count). The summed E-state index contributed by atoms with van der Waals surface area (Å²) in [6.07, 6.45) is 7.43. The minimum atomic E-state index is 0.271. The molecule has 0 aromatic heterocycles. The summed E-state index contributed by atoms with van der Waals surface area (Å²) in [5.74, 6) is 0.578. The van der Waals surface area contributed by atoms with Crippen molar-refractivity contribution in [3.63, 3.8) is 0 Å². The lowest BCUT2D eigenvalue weighted by atomic mass is 10.0. The SMILES string of the molecule is C=C(/C=C\CNC(CC)C1[C@H](N)C1(C)C)/C=C1/SC(=S)NC1[IH+]. The van der Waals surface area contributed by atoms with Crippen LogP contribution >= 0.6 is 24.0 Å². The Kier molecular flexibility index (Phi) is 6.75. The Morgan fingerprint density at radius 3 is 2.74 bits per heavy atom. The van der Waals surface area contributed by atoms with Crippen LogP contribution in [0.4, 0.5) is 0 Å². The van der Waals surface area contributed by atoms with Gasteiger partial charge in [0.25, 0.3) is 26.6 Å². The first-order valence-electron chi connectivity index (χ1n) is 7.97. The second-order valence-electron chi connectivity index (χ2n) is 6.73. The van der Waals surface area contributed by atoms with Crippen molar-refractivity contribution in [2.24, 2.45) is 17.1 Å². The van der Waals surface area contributed by atoms with E-state index < -0.39 is 0 Å². The third-order valence-electron chi connectivity index (χ3n) is 4.74. The van der Waals surface area contributed by atoms with Crippen LogP contribution in [0.5, 0.6) is 0 Å². The van der Waals surface area contributed by atoms with Crippen LogP contribution in [0.2, 0.25) is 0 Å². The van der Waals surface area contributed by atoms with Crippen LogP contribution in [0.3, 0.4) is 0 Å². The molecule has 23 heavy (non-hydrogen) atoms. The predicted molar refractivity (Wildman–Crippen MR) is 102 cm³/mol. The van der Waals surface area contributed by atoms with Crippen molar-refractivity contribution in [3.8, 4) is 0 Å². The molecule has 1 saturated heterocycles. The molecule has 2 fully saturated rings. The molecule has 0 radical (unpaired) electrons. The van der Waals surface area contributed by atoms with Crippen molar-refractivity contribution in [2.45, 2.75) is 43.3 Å². The van der Waals surface area contributed by atoms with Crippen LogP contribution in [0.15, 0.2) is 35.3 Å². The van der Waals surface area contributed by atoms with Gasteiger partial charge in [0.2, 0.25) is 0 Å². The van der Waals surface area contributed by atoms with Gasteiger partial charge in [0.05, 0.1) is 4.91 Å². The molecular formula is C17H27IN3S2+. The Bertz CT molecular complexity index is 542. The summed E-state index contributed by atoms with van der Waals surface area (Å²) >= 11 is 8.84. The van der Waals surface area contributed by atoms with E-state index in [1.165, 1.54) is 4.91 Å². The van der Waals surface area contributed by atoms with Gasteiger partial charge in [0, 0.05) is 18.6 Å². The van der Waals surface area contributed by atoms with Gasteiger partial charge >= 0.3 is 0 Å². The number of thiocarbonyl (C=S) groups is 1. The fourth-order valence-electron chi connectivity index (χ4n) is 3.15. The highest BCUT2D eigenvalue weighted by Gasteiger charge is 2.58. The molecule has 0 bridgehead atoms. The first kappa shape index (κ1) is 19.4. The summed E-state index contributed by atoms with van der Waals surface area (Å²) in [6.45, 7) is 11.7. The first-order valence-corrected chi connectivity index (χ1v) is 10.5. The fourth-order valence-corrected chi connectivity index (χ4v) is 5.73. The Morgan fingerprint density at radius 2 is 2.26 bits per heavy atom. The first-order chi connectivity index (χ1) is 10.8. The van der Waals surface area contributed by atoms with Gasteiger partial charge in [-0.05, 0) is 29.4 Å². The number of thioether (sulfide) groups is 1. The van der Waals surface area contributed by atoms with Crippen LogP contribution in [0.25, 0.3) is 0 Å². The van der Waals surface area contributed by atoms with E-state index in [2.05, 4.69) is 56.2 Å². The van der Waals surface area contributed by atoms with Gasteiger partial charge < -0.3 is 16.4 Å². The van der Waals surface area contributed by atoms with Crippen molar-refractivity contribution in [1.29, 1.82) is 0 Å². The largest absolute Gasteiger partial charge is 0.327 e. The van der Waals surface area contributed by atoms with E-state index in [9.17, 15) is 0 Å². The standard InChI is InChI=1S/C17H26IN3S2/c1-5-11(13-14(19)17(13,3)4)20-8-6-7-10(2)9-12-15(18)21-16(22)23-12/h6-7,9,11,13-15,18,20H,2,5,8,19H2,1,3-4H3/p+1/b7-6-,12-9+/t11?,13?,14-,15?/m0/s1. The highest BCUT2D eigenvalue weighted by atomic mass is 127. The number of nitrogens with one attached hydrogen (secondary N) is 2. The Hall–Kier alpha value is 0.110. The molecule has 1 aliphatic heterocycles. The van der Waals surface area contributed by atoms with Crippen molar-refractivity contribution in [2.75, 3.05) is 6.54 Å². The van der Waals surface area contributed by atoms with Crippen molar-refractivity contribution in [3.05, 3.63) is 35.3 Å². The van der Waals surface area contributed by atoms with E-state index in [1.807, 2.05) is 22.6 Å². The van der Waals surface area contributed by atoms with Crippen LogP contribution in [-0.4, -0.2) is 27.0 Å². The average Bonchev–Trinajstić information content (AvgIpc) is 2.79. The van der Waals surface area contributed by atoms with Gasteiger partial charge in [-0.2, -0.15) is 0 Å². The number of hydrogen-bond donors (Lipinski definition) is 3. The lowest BCUT2D eigenvalue weighted by Crippen LogP contribution is -3.40. The molecule has 0 aromatic carbocycles. The zero-order chi connectivity index (χ0) is 17.2. The number of nitrogens with two attached hydrogens (primary N) is 1. The van der Waals surface area contributed by atoms with Gasteiger partial charge in [-0.15, -0.1) is 0 Å². The molecule has 1 aliphatic carbocycles. The summed E-state index contributed by atoms with van der Waals surface area (Å²) < 4.78 is 1.15. The second-order valence-corrected chi connectivity index (χ2v) is 9.83. The molecule has 0 amide bonds. The molecule has 2 aliphatic rings. The van der Waals surface area contributed by atoms with E-state index in [0.29, 0.717) is 22.1 Å². The molecule has 0 aromatic rings. The summed E-state index contributed by atoms with van der Waals surface area (Å²) in [7, 11) is 0. The zero-order valence-corrected chi connectivity index (χ0v) is 17.9. The smallest absolute Gasteiger partial charge is 0.285 e. The highest BCUT2D eigenvalue weighted by molar-refractivity contribution is 8.25. The molecule has 0 spiro atoms. The molecule has 4 N–H and O–H groups in total. The molecule has 128 valence electrons. The average molecular weight is 464 g/mol. The number of rotatable bonds is 7. The topological polar surface area (TPSA) is 50.1 Å². The zero-order valence-electron chi connectivity index (χ0n) is 14.0. The maximum atomic E-state index is 6.19. The fraction of sp³-hybridized carbons (Fsp3) is 0.588. The molecule has 1 saturated carbocycles. The number of hydrogen-bond acceptors (Lipinski definition) is 4. The molecule has 4 atom stereocenters. The molecule has 1 heterocycles. The van der Waals surface area contributed by atoms with Crippen molar-refractivity contribution < 1.29 is 22.6 Å². The van der Waals surface area contributed by atoms with Crippen molar-refractivity contribution >= 4 is 28.3 Å². The normalized spacial score (nSPS) is 32.3. The summed E-state index contributed by atoms with van der Waals surface area (Å²) in [6, 6.07) is 0.810. The van der Waals surface area contributed by atoms with Crippen LogP contribution < -0.4 is 39.0 Å². The maximum Gasteiger partial charge on any atom is 0.285 e. The third-order valence-corrected chi connectivity index (χ3v) is 7.53. The molecule has 6 heteroatoms. The van der Waals surface area contributed by atoms with E-state index >= 15 is 0 Å². The molecule has 3 unspecified atom stereocenters. The summed E-state index contributed by atoms with van der Waals surface area (Å²) in [4.78, 5) is 1.24. The summed E-state index contributed by atoms with van der Waals surface area (Å²) in [5.41, 5.74) is 7.47.